The van der Waals surface area contributed by atoms with Crippen LogP contribution in [0.3, 0.4) is 0 Å². The van der Waals surface area contributed by atoms with Gasteiger partial charge in [-0.25, -0.2) is 0 Å². The second-order valence-corrected chi connectivity index (χ2v) is 5.96. The maximum Gasteiger partial charge on any atom is 0.236 e. The summed E-state index contributed by atoms with van der Waals surface area (Å²) in [5.41, 5.74) is 2.68. The van der Waals surface area contributed by atoms with E-state index in [1.807, 2.05) is 66.7 Å². The van der Waals surface area contributed by atoms with Crippen molar-refractivity contribution in [3.05, 3.63) is 101 Å². The number of anilines is 1. The van der Waals surface area contributed by atoms with Crippen LogP contribution in [0.25, 0.3) is 0 Å². The number of rotatable bonds is 4. The molecule has 0 aliphatic heterocycles. The van der Waals surface area contributed by atoms with Crippen LogP contribution in [0.15, 0.2) is 78.9 Å². The number of halogens is 1. The Morgan fingerprint density at radius 1 is 0.920 bits per heavy atom. The normalized spacial score (nSPS) is 10.3. The van der Waals surface area contributed by atoms with Crippen molar-refractivity contribution in [1.82, 2.24) is 0 Å². The standard InChI is InChI=1S/C21H15ClN2O/c22-19-12-11-18(13-17(19)14-23)24-21(25)20(15-7-3-1-4-8-15)16-9-5-2-6-10-16/h1-13,20H,(H,24,25). The Morgan fingerprint density at radius 2 is 1.48 bits per heavy atom. The van der Waals surface area contributed by atoms with Gasteiger partial charge in [0.25, 0.3) is 0 Å². The largest absolute Gasteiger partial charge is 0.325 e. The van der Waals surface area contributed by atoms with E-state index in [1.54, 1.807) is 18.2 Å². The van der Waals surface area contributed by atoms with E-state index < -0.39 is 5.92 Å². The van der Waals surface area contributed by atoms with E-state index in [1.165, 1.54) is 0 Å². The van der Waals surface area contributed by atoms with Gasteiger partial charge in [0, 0.05) is 5.69 Å². The molecule has 1 amide bonds. The van der Waals surface area contributed by atoms with Gasteiger partial charge in [0.15, 0.2) is 0 Å². The maximum absolute atomic E-state index is 13.0. The fourth-order valence-corrected chi connectivity index (χ4v) is 2.85. The summed E-state index contributed by atoms with van der Waals surface area (Å²) in [4.78, 5) is 13.0. The van der Waals surface area contributed by atoms with Crippen LogP contribution in [0.2, 0.25) is 5.02 Å². The maximum atomic E-state index is 13.0. The van der Waals surface area contributed by atoms with Crippen LogP contribution >= 0.6 is 11.6 Å². The number of carbonyl (C=O) groups excluding carboxylic acids is 1. The summed E-state index contributed by atoms with van der Waals surface area (Å²) >= 11 is 5.95. The van der Waals surface area contributed by atoms with Gasteiger partial charge in [-0.2, -0.15) is 5.26 Å². The van der Waals surface area contributed by atoms with Crippen LogP contribution in [0.4, 0.5) is 5.69 Å². The van der Waals surface area contributed by atoms with E-state index in [2.05, 4.69) is 5.32 Å². The highest BCUT2D eigenvalue weighted by Crippen LogP contribution is 2.27. The molecule has 0 aliphatic carbocycles. The predicted octanol–water partition coefficient (Wildman–Crippen LogP) is 4.98. The Kier molecular flexibility index (Phi) is 5.13. The van der Waals surface area contributed by atoms with Gasteiger partial charge in [0.1, 0.15) is 6.07 Å². The van der Waals surface area contributed by atoms with Crippen molar-refractivity contribution < 1.29 is 4.79 Å². The molecule has 0 fully saturated rings. The van der Waals surface area contributed by atoms with Crippen LogP contribution in [0.1, 0.15) is 22.6 Å². The second-order valence-electron chi connectivity index (χ2n) is 5.55. The zero-order chi connectivity index (χ0) is 17.6. The molecule has 0 atom stereocenters. The summed E-state index contributed by atoms with van der Waals surface area (Å²) in [6, 6.07) is 26.1. The van der Waals surface area contributed by atoms with E-state index in [4.69, 9.17) is 16.9 Å². The molecule has 0 radical (unpaired) electrons. The van der Waals surface area contributed by atoms with Gasteiger partial charge in [-0.1, -0.05) is 72.3 Å². The molecule has 3 rings (SSSR count). The molecule has 4 heteroatoms. The Labute approximate surface area is 151 Å². The number of hydrogen-bond donors (Lipinski definition) is 1. The van der Waals surface area contributed by atoms with Crippen LogP contribution in [0.5, 0.6) is 0 Å². The SMILES string of the molecule is N#Cc1cc(NC(=O)C(c2ccccc2)c2ccccc2)ccc1Cl. The minimum Gasteiger partial charge on any atom is -0.325 e. The minimum atomic E-state index is -0.441. The molecule has 0 bridgehead atoms. The summed E-state index contributed by atoms with van der Waals surface area (Å²) < 4.78 is 0. The molecule has 0 saturated carbocycles. The highest BCUT2D eigenvalue weighted by molar-refractivity contribution is 6.31. The summed E-state index contributed by atoms with van der Waals surface area (Å²) in [7, 11) is 0. The first-order chi connectivity index (χ1) is 12.2. The average Bonchev–Trinajstić information content (AvgIpc) is 2.65. The predicted molar refractivity (Wildman–Crippen MR) is 99.5 cm³/mol. The Bertz CT molecular complexity index is 878. The third-order valence-electron chi connectivity index (χ3n) is 3.88. The summed E-state index contributed by atoms with van der Waals surface area (Å²) in [6.45, 7) is 0. The molecule has 0 unspecified atom stereocenters. The molecular formula is C21H15ClN2O. The molecule has 1 N–H and O–H groups in total. The number of hydrogen-bond acceptors (Lipinski definition) is 2. The van der Waals surface area contributed by atoms with Crippen LogP contribution in [0, 0.1) is 11.3 Å². The number of amides is 1. The van der Waals surface area contributed by atoms with Crippen LogP contribution in [-0.4, -0.2) is 5.91 Å². The number of nitriles is 1. The zero-order valence-electron chi connectivity index (χ0n) is 13.3. The third kappa shape index (κ3) is 3.88. The molecule has 25 heavy (non-hydrogen) atoms. The zero-order valence-corrected chi connectivity index (χ0v) is 14.1. The van der Waals surface area contributed by atoms with E-state index in [0.29, 0.717) is 16.3 Å². The van der Waals surface area contributed by atoms with Crippen molar-refractivity contribution in [2.24, 2.45) is 0 Å². The smallest absolute Gasteiger partial charge is 0.236 e. The first-order valence-electron chi connectivity index (χ1n) is 7.79. The molecule has 0 spiro atoms. The summed E-state index contributed by atoms with van der Waals surface area (Å²) in [5, 5.41) is 12.4. The Balaban J connectivity index is 1.94. The molecule has 122 valence electrons. The fraction of sp³-hybridized carbons (Fsp3) is 0.0476. The van der Waals surface area contributed by atoms with Gasteiger partial charge in [0.2, 0.25) is 5.91 Å². The van der Waals surface area contributed by atoms with Gasteiger partial charge >= 0.3 is 0 Å². The monoisotopic (exact) mass is 346 g/mol. The average molecular weight is 347 g/mol. The lowest BCUT2D eigenvalue weighted by Crippen LogP contribution is -2.22. The number of nitrogens with one attached hydrogen (secondary N) is 1. The van der Waals surface area contributed by atoms with E-state index >= 15 is 0 Å². The highest BCUT2D eigenvalue weighted by atomic mass is 35.5. The van der Waals surface area contributed by atoms with Crippen molar-refractivity contribution in [3.8, 4) is 6.07 Å². The van der Waals surface area contributed by atoms with Crippen molar-refractivity contribution in [3.63, 3.8) is 0 Å². The Morgan fingerprint density at radius 3 is 2.00 bits per heavy atom. The molecule has 3 aromatic rings. The van der Waals surface area contributed by atoms with Gasteiger partial charge in [-0.15, -0.1) is 0 Å². The molecule has 0 aliphatic rings. The van der Waals surface area contributed by atoms with Crippen molar-refractivity contribution in [1.29, 1.82) is 5.26 Å². The minimum absolute atomic E-state index is 0.163. The van der Waals surface area contributed by atoms with Crippen LogP contribution < -0.4 is 5.32 Å². The van der Waals surface area contributed by atoms with Crippen molar-refractivity contribution in [2.75, 3.05) is 5.32 Å². The molecule has 0 heterocycles. The van der Waals surface area contributed by atoms with Gasteiger partial charge in [0.05, 0.1) is 16.5 Å². The van der Waals surface area contributed by atoms with Crippen molar-refractivity contribution >= 4 is 23.2 Å². The van der Waals surface area contributed by atoms with Gasteiger partial charge in [-0.3, -0.25) is 4.79 Å². The molecule has 0 saturated heterocycles. The molecule has 3 aromatic carbocycles. The first kappa shape index (κ1) is 16.8. The number of carbonyl (C=O) groups is 1. The van der Waals surface area contributed by atoms with Crippen LogP contribution in [-0.2, 0) is 4.79 Å². The Hall–Kier alpha value is -3.09. The second kappa shape index (κ2) is 7.65. The summed E-state index contributed by atoms with van der Waals surface area (Å²) in [5.74, 6) is -0.604. The first-order valence-corrected chi connectivity index (χ1v) is 8.17. The van der Waals surface area contributed by atoms with Crippen molar-refractivity contribution in [2.45, 2.75) is 5.92 Å². The quantitative estimate of drug-likeness (QED) is 0.724. The molecule has 0 aromatic heterocycles. The fourth-order valence-electron chi connectivity index (χ4n) is 2.69. The van der Waals surface area contributed by atoms with Gasteiger partial charge in [-0.05, 0) is 29.3 Å². The number of nitrogens with zero attached hydrogens (tertiary/aromatic N) is 1. The topological polar surface area (TPSA) is 52.9 Å². The lowest BCUT2D eigenvalue weighted by molar-refractivity contribution is -0.116. The van der Waals surface area contributed by atoms with E-state index in [-0.39, 0.29) is 5.91 Å². The lowest BCUT2D eigenvalue weighted by atomic mass is 9.90. The molecule has 3 nitrogen and oxygen atoms in total. The lowest BCUT2D eigenvalue weighted by Gasteiger charge is -2.18. The third-order valence-corrected chi connectivity index (χ3v) is 4.21. The van der Waals surface area contributed by atoms with E-state index in [0.717, 1.165) is 11.1 Å². The highest BCUT2D eigenvalue weighted by Gasteiger charge is 2.22. The van der Waals surface area contributed by atoms with E-state index in [9.17, 15) is 4.79 Å². The number of benzene rings is 3. The van der Waals surface area contributed by atoms with Gasteiger partial charge < -0.3 is 5.32 Å². The molecular weight excluding hydrogens is 332 g/mol. The summed E-state index contributed by atoms with van der Waals surface area (Å²) in [6.07, 6.45) is 0.